The summed E-state index contributed by atoms with van der Waals surface area (Å²) in [6, 6.07) is 24.9. The molecule has 5 aromatic rings. The molecule has 97 heavy (non-hydrogen) atoms. The number of ether oxygens (including phenoxy) is 7. The van der Waals surface area contributed by atoms with Crippen molar-refractivity contribution in [3.63, 3.8) is 0 Å². The van der Waals surface area contributed by atoms with Gasteiger partial charge in [-0.05, 0) is 104 Å². The van der Waals surface area contributed by atoms with Gasteiger partial charge in [-0.3, -0.25) is 43.5 Å². The van der Waals surface area contributed by atoms with E-state index < -0.39 is 56.3 Å². The van der Waals surface area contributed by atoms with Gasteiger partial charge in [0, 0.05) is 115 Å². The van der Waals surface area contributed by atoms with Crippen LogP contribution >= 0.6 is 11.8 Å². The normalized spacial score (nSPS) is 18.8. The van der Waals surface area contributed by atoms with Gasteiger partial charge in [-0.1, -0.05) is 14.9 Å². The van der Waals surface area contributed by atoms with E-state index in [-0.39, 0.29) is 147 Å². The lowest BCUT2D eigenvalue weighted by molar-refractivity contribution is -0.131. The standard InChI is InChI=1S/C25H28N2O8S.C25H28N2O6S.C16H18N2O6S.2CH4/c1-16(28)26(13-17-6-8-19(33-2)12-23(17)34-3)14-20-15-27(25(30)35-20)18-7-9-21-22(29)5-4-10-36(31,32)24(21)11-18;1-16(28)26(13-17-6-8-19(31-2)12-23(17)32-3)14-20-15-27(25(30)33-20)18-7-9-21-22(29)5-4-10-34-24(21)11-18;1-10(19)17-8-12-9-18(16(21)24-12)11-4-5-13-14(20)3-2-6-25(22,23)15(13)7-11;;/h6-9,11-12,20H,4-5,10,13-15H2,1-3H3;6-9,11-12,20H,4-5,10,13-15H2,1-3H3;4-5,7,12H,2-3,6,8-9H2,1H3,(H,17,19);2*1H4/t2*20-;12-;;/m000../s1. The minimum Gasteiger partial charge on any atom is -0.497 e. The van der Waals surface area contributed by atoms with E-state index in [2.05, 4.69) is 5.32 Å². The molecule has 0 unspecified atom stereocenters. The number of fused-ring (bicyclic) bond motifs is 3. The molecule has 0 saturated carbocycles. The molecule has 0 aliphatic carbocycles. The molecule has 6 heterocycles. The Hall–Kier alpha value is -9.22. The summed E-state index contributed by atoms with van der Waals surface area (Å²) in [6.07, 6.45) is -1.06. The Morgan fingerprint density at radius 1 is 0.515 bits per heavy atom. The summed E-state index contributed by atoms with van der Waals surface area (Å²) >= 11 is 1.64. The molecule has 0 bridgehead atoms. The molecule has 0 spiro atoms. The molecule has 11 rings (SSSR count). The van der Waals surface area contributed by atoms with Crippen molar-refractivity contribution in [2.45, 2.75) is 120 Å². The molecule has 0 radical (unpaired) electrons. The van der Waals surface area contributed by atoms with Crippen LogP contribution in [0.4, 0.5) is 31.4 Å². The first kappa shape index (κ1) is 75.2. The molecule has 0 aromatic heterocycles. The molecule has 6 aliphatic heterocycles. The minimum absolute atomic E-state index is 0. The second kappa shape index (κ2) is 32.7. The van der Waals surface area contributed by atoms with Gasteiger partial charge < -0.3 is 48.3 Å². The molecule has 6 amide bonds. The van der Waals surface area contributed by atoms with Crippen molar-refractivity contribution in [1.29, 1.82) is 0 Å². The molecule has 6 aliphatic rings. The first-order valence-electron chi connectivity index (χ1n) is 30.5. The number of rotatable bonds is 17. The van der Waals surface area contributed by atoms with Crippen LogP contribution < -0.4 is 39.0 Å². The van der Waals surface area contributed by atoms with Gasteiger partial charge in [0.1, 0.15) is 41.3 Å². The Balaban J connectivity index is 0.000000206. The lowest BCUT2D eigenvalue weighted by Gasteiger charge is -2.24. The Kier molecular flexibility index (Phi) is 25.3. The molecular weight excluding hydrogens is 1320 g/mol. The highest BCUT2D eigenvalue weighted by Gasteiger charge is 2.39. The number of nitrogens with zero attached hydrogens (tertiary/aromatic N) is 5. The number of carbonyl (C=O) groups is 9. The van der Waals surface area contributed by atoms with E-state index in [9.17, 15) is 60.0 Å². The summed E-state index contributed by atoms with van der Waals surface area (Å²) in [5, 5.41) is 2.57. The molecule has 522 valence electrons. The topological polar surface area (TPSA) is 315 Å². The lowest BCUT2D eigenvalue weighted by Crippen LogP contribution is -2.37. The van der Waals surface area contributed by atoms with Gasteiger partial charge in [-0.15, -0.1) is 11.8 Å². The number of methoxy groups -OCH3 is 4. The van der Waals surface area contributed by atoms with Crippen molar-refractivity contribution < 1.29 is 93.1 Å². The molecule has 3 saturated heterocycles. The second-order valence-corrected chi connectivity index (χ2v) is 28.3. The van der Waals surface area contributed by atoms with Gasteiger partial charge >= 0.3 is 18.3 Å². The smallest absolute Gasteiger partial charge is 0.414 e. The average Bonchev–Trinajstić information content (AvgIpc) is 1.76. The Morgan fingerprint density at radius 3 is 1.32 bits per heavy atom. The minimum atomic E-state index is -3.64. The van der Waals surface area contributed by atoms with E-state index in [1.165, 1.54) is 61.9 Å². The zero-order valence-corrected chi connectivity index (χ0v) is 56.0. The summed E-state index contributed by atoms with van der Waals surface area (Å²) in [5.41, 5.74) is 3.99. The Bertz CT molecular complexity index is 4070. The van der Waals surface area contributed by atoms with Gasteiger partial charge in [-0.2, -0.15) is 0 Å². The van der Waals surface area contributed by atoms with Crippen LogP contribution in [0.1, 0.15) is 116 Å². The number of cyclic esters (lactones) is 3. The van der Waals surface area contributed by atoms with E-state index >= 15 is 0 Å². The van der Waals surface area contributed by atoms with E-state index in [1.54, 1.807) is 96.3 Å². The first-order valence-corrected chi connectivity index (χ1v) is 34.8. The monoisotopic (exact) mass is 1400 g/mol. The van der Waals surface area contributed by atoms with Gasteiger partial charge in [0.15, 0.2) is 37.0 Å². The van der Waals surface area contributed by atoms with Crippen LogP contribution in [0, 0.1) is 0 Å². The number of hydrogen-bond donors (Lipinski definition) is 1. The van der Waals surface area contributed by atoms with Gasteiger partial charge in [0.25, 0.3) is 0 Å². The molecule has 5 aromatic carbocycles. The van der Waals surface area contributed by atoms with Crippen molar-refractivity contribution >= 4 is 102 Å². The lowest BCUT2D eigenvalue weighted by atomic mass is 10.1. The predicted molar refractivity (Wildman–Crippen MR) is 361 cm³/mol. The van der Waals surface area contributed by atoms with Gasteiger partial charge in [-0.25, -0.2) is 31.2 Å². The average molecular weight is 1400 g/mol. The number of amides is 6. The second-order valence-electron chi connectivity index (χ2n) is 23.0. The largest absolute Gasteiger partial charge is 0.497 e. The molecule has 26 nitrogen and oxygen atoms in total. The van der Waals surface area contributed by atoms with Crippen LogP contribution in [0.2, 0.25) is 0 Å². The van der Waals surface area contributed by atoms with E-state index in [0.717, 1.165) is 28.2 Å². The Morgan fingerprint density at radius 2 is 0.907 bits per heavy atom. The van der Waals surface area contributed by atoms with Crippen LogP contribution in [-0.4, -0.2) is 183 Å². The predicted octanol–water partition coefficient (Wildman–Crippen LogP) is 9.14. The summed E-state index contributed by atoms with van der Waals surface area (Å²) in [6.45, 7) is 6.02. The van der Waals surface area contributed by atoms with E-state index in [0.29, 0.717) is 65.1 Å². The quantitative estimate of drug-likeness (QED) is 0.0848. The number of carbonyl (C=O) groups excluding carboxylic acids is 9. The third kappa shape index (κ3) is 18.1. The van der Waals surface area contributed by atoms with Crippen LogP contribution in [0.3, 0.4) is 0 Å². The number of Topliss-reactive ketones (excluding diaryl/α,β-unsaturated/α-hetero) is 3. The number of benzene rings is 5. The fourth-order valence-electron chi connectivity index (χ4n) is 11.5. The number of nitrogens with one attached hydrogen (secondary N) is 1. The number of thioether (sulfide) groups is 1. The third-order valence-corrected chi connectivity index (χ3v) is 21.3. The summed E-state index contributed by atoms with van der Waals surface area (Å²) in [4.78, 5) is 118. The summed E-state index contributed by atoms with van der Waals surface area (Å²) < 4.78 is 87.8. The number of anilines is 3. The highest BCUT2D eigenvalue weighted by molar-refractivity contribution is 7.99. The molecule has 29 heteroatoms. The maximum atomic E-state index is 12.7. The van der Waals surface area contributed by atoms with Crippen LogP contribution in [0.5, 0.6) is 23.0 Å². The number of sulfone groups is 2. The first-order chi connectivity index (χ1) is 45.3. The molecular formula is C68H82N6O20S3. The maximum absolute atomic E-state index is 12.7. The number of ketones is 3. The van der Waals surface area contributed by atoms with Crippen LogP contribution in [0.25, 0.3) is 0 Å². The fourth-order valence-corrected chi connectivity index (χ4v) is 15.6. The maximum Gasteiger partial charge on any atom is 0.414 e. The fraction of sp³-hybridized carbons (Fsp3) is 0.426. The van der Waals surface area contributed by atoms with Crippen molar-refractivity contribution in [1.82, 2.24) is 15.1 Å². The molecule has 3 fully saturated rings. The highest BCUT2D eigenvalue weighted by atomic mass is 32.2. The zero-order chi connectivity index (χ0) is 68.5. The SMILES string of the molecule is C.C.CC(=O)NC[C@H]1CN(c2ccc3c(c2)S(=O)(=O)CCCC3=O)C(=O)O1.COc1ccc(CN(C[C@H]2CN(c3ccc4c(c3)S(=O)(=O)CCCC4=O)C(=O)O2)C(C)=O)c(OC)c1.COc1ccc(CN(C[C@H]2CN(c3ccc4c(c3)SCCCC4=O)C(=O)O2)C(C)=O)c(OC)c1. The van der Waals surface area contributed by atoms with E-state index in [4.69, 9.17) is 33.2 Å². The summed E-state index contributed by atoms with van der Waals surface area (Å²) in [5.74, 6) is 2.24. The highest BCUT2D eigenvalue weighted by Crippen LogP contribution is 2.37. The van der Waals surface area contributed by atoms with Crippen LogP contribution in [0.15, 0.2) is 106 Å². The van der Waals surface area contributed by atoms with Crippen molar-refractivity contribution in [2.24, 2.45) is 0 Å². The Labute approximate surface area is 568 Å². The molecule has 1 N–H and O–H groups in total. The van der Waals surface area contributed by atoms with Crippen LogP contribution in [-0.2, 0) is 61.4 Å². The van der Waals surface area contributed by atoms with E-state index in [1.807, 2.05) is 18.2 Å². The third-order valence-electron chi connectivity index (χ3n) is 16.5. The van der Waals surface area contributed by atoms with Gasteiger partial charge in [0.05, 0.1) is 89.0 Å². The zero-order valence-electron chi connectivity index (χ0n) is 53.5. The van der Waals surface area contributed by atoms with Crippen molar-refractivity contribution in [3.8, 4) is 23.0 Å². The number of hydrogen-bond acceptors (Lipinski definition) is 21. The van der Waals surface area contributed by atoms with Crippen molar-refractivity contribution in [2.75, 3.05) is 99.7 Å². The summed E-state index contributed by atoms with van der Waals surface area (Å²) in [7, 11) is -0.989. The van der Waals surface area contributed by atoms with Crippen molar-refractivity contribution in [3.05, 3.63) is 119 Å². The molecule has 3 atom stereocenters. The van der Waals surface area contributed by atoms with Gasteiger partial charge in [0.2, 0.25) is 17.7 Å².